The minimum absolute atomic E-state index is 0.0245. The third kappa shape index (κ3) is 1.82. The van der Waals surface area contributed by atoms with E-state index >= 15 is 0 Å². The van der Waals surface area contributed by atoms with Crippen LogP contribution in [0.25, 0.3) is 0 Å². The van der Waals surface area contributed by atoms with Gasteiger partial charge in [-0.2, -0.15) is 5.26 Å². The molecule has 1 aromatic rings. The molecule has 1 N–H and O–H groups in total. The highest BCUT2D eigenvalue weighted by molar-refractivity contribution is 9.10. The fourth-order valence-corrected chi connectivity index (χ4v) is 1.57. The van der Waals surface area contributed by atoms with Crippen LogP contribution in [0, 0.1) is 11.3 Å². The van der Waals surface area contributed by atoms with E-state index in [9.17, 15) is 4.79 Å². The lowest BCUT2D eigenvalue weighted by molar-refractivity contribution is 0.0695. The highest BCUT2D eigenvalue weighted by Gasteiger charge is 2.16. The van der Waals surface area contributed by atoms with Crippen LogP contribution in [0.4, 0.5) is 0 Å². The summed E-state index contributed by atoms with van der Waals surface area (Å²) in [6.07, 6.45) is 0. The van der Waals surface area contributed by atoms with E-state index in [4.69, 9.17) is 22.0 Å². The minimum atomic E-state index is -1.18. The van der Waals surface area contributed by atoms with Crippen LogP contribution in [0.3, 0.4) is 0 Å². The van der Waals surface area contributed by atoms with Crippen LogP contribution in [-0.2, 0) is 0 Å². The normalized spacial score (nSPS) is 9.31. The van der Waals surface area contributed by atoms with Gasteiger partial charge in [0.05, 0.1) is 16.1 Å². The third-order valence-electron chi connectivity index (χ3n) is 1.43. The molecule has 1 aromatic carbocycles. The molecule has 0 aliphatic rings. The van der Waals surface area contributed by atoms with E-state index in [1.165, 1.54) is 12.1 Å². The van der Waals surface area contributed by atoms with Gasteiger partial charge in [0.1, 0.15) is 6.07 Å². The number of carbonyl (C=O) groups is 1. The molecule has 1 rings (SSSR count). The van der Waals surface area contributed by atoms with E-state index in [1.54, 1.807) is 6.07 Å². The summed E-state index contributed by atoms with van der Waals surface area (Å²) >= 11 is 8.67. The summed E-state index contributed by atoms with van der Waals surface area (Å²) in [5.41, 5.74) is -0.126. The lowest BCUT2D eigenvalue weighted by atomic mass is 10.1. The minimum Gasteiger partial charge on any atom is -0.478 e. The highest BCUT2D eigenvalue weighted by atomic mass is 79.9. The molecule has 0 fully saturated rings. The molecule has 0 bridgehead atoms. The number of nitriles is 1. The van der Waals surface area contributed by atoms with Gasteiger partial charge in [-0.25, -0.2) is 4.79 Å². The van der Waals surface area contributed by atoms with Gasteiger partial charge in [0.25, 0.3) is 0 Å². The van der Waals surface area contributed by atoms with E-state index in [0.29, 0.717) is 4.47 Å². The maximum atomic E-state index is 10.7. The lowest BCUT2D eigenvalue weighted by Crippen LogP contribution is -2.01. The number of carboxylic acid groups (broad SMARTS) is 1. The maximum absolute atomic E-state index is 10.7. The van der Waals surface area contributed by atoms with Crippen molar-refractivity contribution in [2.45, 2.75) is 0 Å². The predicted molar refractivity (Wildman–Crippen MR) is 50.8 cm³/mol. The number of rotatable bonds is 1. The Morgan fingerprint density at radius 1 is 1.62 bits per heavy atom. The fourth-order valence-electron chi connectivity index (χ4n) is 0.870. The van der Waals surface area contributed by atoms with Gasteiger partial charge in [-0.3, -0.25) is 0 Å². The van der Waals surface area contributed by atoms with Crippen molar-refractivity contribution in [1.82, 2.24) is 0 Å². The van der Waals surface area contributed by atoms with Crippen LogP contribution >= 0.6 is 27.5 Å². The molecule has 0 unspecified atom stereocenters. The molecule has 0 saturated carbocycles. The number of nitrogens with zero attached hydrogens (tertiary/aromatic N) is 1. The summed E-state index contributed by atoms with van der Waals surface area (Å²) in [5, 5.41) is 17.6. The smallest absolute Gasteiger partial charge is 0.338 e. The standard InChI is InChI=1S/C8H3BrClNO2/c9-5-1-2-6(10)4(3-11)7(5)8(12)13/h1-2H,(H,12,13). The van der Waals surface area contributed by atoms with E-state index < -0.39 is 5.97 Å². The van der Waals surface area contributed by atoms with Gasteiger partial charge in [0.2, 0.25) is 0 Å². The highest BCUT2D eigenvalue weighted by Crippen LogP contribution is 2.26. The zero-order valence-corrected chi connectivity index (χ0v) is 8.56. The molecule has 0 amide bonds. The monoisotopic (exact) mass is 259 g/mol. The van der Waals surface area contributed by atoms with Crippen LogP contribution in [0.2, 0.25) is 5.02 Å². The average molecular weight is 260 g/mol. The number of halogens is 2. The first-order valence-corrected chi connectivity index (χ1v) is 4.36. The maximum Gasteiger partial charge on any atom is 0.338 e. The van der Waals surface area contributed by atoms with Crippen molar-refractivity contribution in [1.29, 1.82) is 5.26 Å². The Morgan fingerprint density at radius 2 is 2.23 bits per heavy atom. The SMILES string of the molecule is N#Cc1c(Cl)ccc(Br)c1C(=O)O. The van der Waals surface area contributed by atoms with Crippen LogP contribution < -0.4 is 0 Å². The molecule has 66 valence electrons. The van der Waals surface area contributed by atoms with Crippen LogP contribution in [0.5, 0.6) is 0 Å². The van der Waals surface area contributed by atoms with Crippen molar-refractivity contribution < 1.29 is 9.90 Å². The summed E-state index contributed by atoms with van der Waals surface area (Å²) in [5.74, 6) is -1.18. The van der Waals surface area contributed by atoms with Gasteiger partial charge in [0, 0.05) is 4.47 Å². The summed E-state index contributed by atoms with van der Waals surface area (Å²) in [6, 6.07) is 4.70. The van der Waals surface area contributed by atoms with Crippen molar-refractivity contribution in [3.05, 3.63) is 32.8 Å². The van der Waals surface area contributed by atoms with Gasteiger partial charge in [0.15, 0.2) is 0 Å². The molecule has 0 atom stereocenters. The van der Waals surface area contributed by atoms with Crippen LogP contribution in [0.1, 0.15) is 15.9 Å². The van der Waals surface area contributed by atoms with Gasteiger partial charge in [-0.1, -0.05) is 11.6 Å². The van der Waals surface area contributed by atoms with Crippen molar-refractivity contribution in [2.75, 3.05) is 0 Å². The molecule has 0 aromatic heterocycles. The summed E-state index contributed by atoms with van der Waals surface area (Å²) in [6.45, 7) is 0. The number of hydrogen-bond acceptors (Lipinski definition) is 2. The van der Waals surface area contributed by atoms with E-state index in [-0.39, 0.29) is 16.1 Å². The molecule has 0 heterocycles. The number of hydrogen-bond donors (Lipinski definition) is 1. The quantitative estimate of drug-likeness (QED) is 0.844. The molecular weight excluding hydrogens is 257 g/mol. The van der Waals surface area contributed by atoms with Gasteiger partial charge >= 0.3 is 5.97 Å². The van der Waals surface area contributed by atoms with Crippen molar-refractivity contribution in [2.24, 2.45) is 0 Å². The number of carboxylic acids is 1. The number of aromatic carboxylic acids is 1. The molecule has 0 saturated heterocycles. The molecule has 13 heavy (non-hydrogen) atoms. The van der Waals surface area contributed by atoms with Gasteiger partial charge in [-0.05, 0) is 28.1 Å². The second-order valence-electron chi connectivity index (χ2n) is 2.20. The molecule has 0 spiro atoms. The molecule has 0 aliphatic carbocycles. The Labute approximate surface area is 87.7 Å². The summed E-state index contributed by atoms with van der Waals surface area (Å²) in [7, 11) is 0. The third-order valence-corrected chi connectivity index (χ3v) is 2.41. The van der Waals surface area contributed by atoms with Gasteiger partial charge in [-0.15, -0.1) is 0 Å². The zero-order valence-electron chi connectivity index (χ0n) is 6.21. The van der Waals surface area contributed by atoms with Crippen molar-refractivity contribution in [3.63, 3.8) is 0 Å². The van der Waals surface area contributed by atoms with E-state index in [1.807, 2.05) is 0 Å². The fraction of sp³-hybridized carbons (Fsp3) is 0. The Bertz CT molecular complexity index is 411. The summed E-state index contributed by atoms with van der Waals surface area (Å²) in [4.78, 5) is 10.7. The zero-order chi connectivity index (χ0) is 10.0. The topological polar surface area (TPSA) is 61.1 Å². The van der Waals surface area contributed by atoms with Gasteiger partial charge < -0.3 is 5.11 Å². The van der Waals surface area contributed by atoms with E-state index in [2.05, 4.69) is 15.9 Å². The molecule has 0 aliphatic heterocycles. The van der Waals surface area contributed by atoms with Crippen LogP contribution in [0.15, 0.2) is 16.6 Å². The Hall–Kier alpha value is -1.05. The molecule has 5 heteroatoms. The number of benzene rings is 1. The lowest BCUT2D eigenvalue weighted by Gasteiger charge is -2.02. The second kappa shape index (κ2) is 3.77. The first-order valence-electron chi connectivity index (χ1n) is 3.19. The largest absolute Gasteiger partial charge is 0.478 e. The predicted octanol–water partition coefficient (Wildman–Crippen LogP) is 2.67. The molecule has 0 radical (unpaired) electrons. The first kappa shape index (κ1) is 10.0. The Morgan fingerprint density at radius 3 is 2.62 bits per heavy atom. The molecular formula is C8H3BrClNO2. The average Bonchev–Trinajstić information content (AvgIpc) is 2.07. The Kier molecular flexibility index (Phi) is 2.91. The second-order valence-corrected chi connectivity index (χ2v) is 3.46. The molecule has 3 nitrogen and oxygen atoms in total. The Balaban J connectivity index is 3.55. The first-order chi connectivity index (χ1) is 6.07. The van der Waals surface area contributed by atoms with E-state index in [0.717, 1.165) is 0 Å². The summed E-state index contributed by atoms with van der Waals surface area (Å²) < 4.78 is 0.348. The van der Waals surface area contributed by atoms with Crippen molar-refractivity contribution >= 4 is 33.5 Å². The van der Waals surface area contributed by atoms with Crippen LogP contribution in [-0.4, -0.2) is 11.1 Å². The van der Waals surface area contributed by atoms with Crippen molar-refractivity contribution in [3.8, 4) is 6.07 Å².